The Bertz CT molecular complexity index is 839. The van der Waals surface area contributed by atoms with Gasteiger partial charge in [0.2, 0.25) is 11.8 Å². The van der Waals surface area contributed by atoms with Crippen molar-refractivity contribution < 1.29 is 22.8 Å². The molecule has 9 heteroatoms. The minimum atomic E-state index is -4.71. The number of aromatic nitrogens is 1. The van der Waals surface area contributed by atoms with Crippen LogP contribution < -0.4 is 10.6 Å². The predicted octanol–water partition coefficient (Wildman–Crippen LogP) is 4.03. The van der Waals surface area contributed by atoms with Crippen LogP contribution in [0.5, 0.6) is 0 Å². The van der Waals surface area contributed by atoms with Gasteiger partial charge in [0.05, 0.1) is 11.3 Å². The predicted molar refractivity (Wildman–Crippen MR) is 94.9 cm³/mol. The maximum Gasteiger partial charge on any atom is 0.418 e. The molecular formula is C18H17ClF3N3O2. The summed E-state index contributed by atoms with van der Waals surface area (Å²) in [6.07, 6.45) is -1.58. The van der Waals surface area contributed by atoms with Gasteiger partial charge in [-0.1, -0.05) is 17.7 Å². The zero-order valence-electron chi connectivity index (χ0n) is 14.5. The lowest BCUT2D eigenvalue weighted by molar-refractivity contribution is -0.138. The molecule has 0 fully saturated rings. The Labute approximate surface area is 158 Å². The summed E-state index contributed by atoms with van der Waals surface area (Å²) in [5.74, 6) is -1.51. The molecule has 1 heterocycles. The van der Waals surface area contributed by atoms with E-state index in [1.54, 1.807) is 24.5 Å². The third kappa shape index (κ3) is 5.19. The molecule has 2 rings (SSSR count). The largest absolute Gasteiger partial charge is 0.418 e. The molecule has 0 unspecified atom stereocenters. The van der Waals surface area contributed by atoms with Crippen LogP contribution in [0, 0.1) is 5.41 Å². The van der Waals surface area contributed by atoms with Crippen LogP contribution in [0.2, 0.25) is 5.02 Å². The molecule has 0 bridgehead atoms. The number of nitrogens with zero attached hydrogens (tertiary/aromatic N) is 1. The second-order valence-corrected chi connectivity index (χ2v) is 6.75. The number of benzene rings is 1. The maximum absolute atomic E-state index is 13.1. The first-order valence-electron chi connectivity index (χ1n) is 7.87. The molecule has 2 N–H and O–H groups in total. The van der Waals surface area contributed by atoms with Crippen LogP contribution in [0.4, 0.5) is 18.9 Å². The van der Waals surface area contributed by atoms with E-state index in [9.17, 15) is 22.8 Å². The highest BCUT2D eigenvalue weighted by Crippen LogP contribution is 2.37. The Morgan fingerprint density at radius 2 is 1.85 bits per heavy atom. The van der Waals surface area contributed by atoms with E-state index in [2.05, 4.69) is 15.6 Å². The maximum atomic E-state index is 13.1. The SMILES string of the molecule is CC(C)(C(=O)NCc1cccnc1)C(=O)Nc1ccc(Cl)cc1C(F)(F)F. The normalized spacial score (nSPS) is 11.8. The van der Waals surface area contributed by atoms with Crippen molar-refractivity contribution in [2.45, 2.75) is 26.6 Å². The van der Waals surface area contributed by atoms with E-state index in [-0.39, 0.29) is 11.6 Å². The summed E-state index contributed by atoms with van der Waals surface area (Å²) in [6, 6.07) is 6.42. The van der Waals surface area contributed by atoms with Crippen molar-refractivity contribution in [2.24, 2.45) is 5.41 Å². The summed E-state index contributed by atoms with van der Waals surface area (Å²) in [5.41, 5.74) is -2.44. The van der Waals surface area contributed by atoms with Gasteiger partial charge in [0, 0.05) is 24.0 Å². The van der Waals surface area contributed by atoms with Crippen molar-refractivity contribution in [1.82, 2.24) is 10.3 Å². The Kier molecular flexibility index (Phi) is 6.10. The summed E-state index contributed by atoms with van der Waals surface area (Å²) in [6.45, 7) is 2.78. The molecular weight excluding hydrogens is 383 g/mol. The molecule has 27 heavy (non-hydrogen) atoms. The fraction of sp³-hybridized carbons (Fsp3) is 0.278. The molecule has 0 aliphatic carbocycles. The number of halogens is 4. The minimum absolute atomic E-state index is 0.117. The zero-order valence-corrected chi connectivity index (χ0v) is 15.3. The van der Waals surface area contributed by atoms with Gasteiger partial charge in [-0.25, -0.2) is 0 Å². The number of rotatable bonds is 5. The van der Waals surface area contributed by atoms with Gasteiger partial charge in [-0.05, 0) is 43.7 Å². The van der Waals surface area contributed by atoms with Crippen molar-refractivity contribution >= 4 is 29.1 Å². The highest BCUT2D eigenvalue weighted by Gasteiger charge is 2.39. The third-order valence-electron chi connectivity index (χ3n) is 3.85. The van der Waals surface area contributed by atoms with Crippen molar-refractivity contribution in [3.05, 3.63) is 58.9 Å². The van der Waals surface area contributed by atoms with Crippen LogP contribution in [0.1, 0.15) is 25.0 Å². The molecule has 1 aromatic heterocycles. The Morgan fingerprint density at radius 3 is 2.44 bits per heavy atom. The third-order valence-corrected chi connectivity index (χ3v) is 4.08. The number of carbonyl (C=O) groups excluding carboxylic acids is 2. The standard InChI is InChI=1S/C18H17ClF3N3O2/c1-17(2,15(26)24-10-11-4-3-7-23-9-11)16(27)25-14-6-5-12(19)8-13(14)18(20,21)22/h3-9H,10H2,1-2H3,(H,24,26)(H,25,27). The quantitative estimate of drug-likeness (QED) is 0.745. The first-order chi connectivity index (χ1) is 12.5. The zero-order chi connectivity index (χ0) is 20.2. The number of hydrogen-bond donors (Lipinski definition) is 2. The molecule has 0 saturated carbocycles. The Balaban J connectivity index is 2.13. The summed E-state index contributed by atoms with van der Waals surface area (Å²) >= 11 is 5.62. The Hall–Kier alpha value is -2.61. The van der Waals surface area contributed by atoms with Gasteiger partial charge in [0.25, 0.3) is 0 Å². The van der Waals surface area contributed by atoms with Crippen molar-refractivity contribution in [2.75, 3.05) is 5.32 Å². The van der Waals surface area contributed by atoms with Gasteiger partial charge in [-0.3, -0.25) is 14.6 Å². The second-order valence-electron chi connectivity index (χ2n) is 6.31. The van der Waals surface area contributed by atoms with E-state index in [4.69, 9.17) is 11.6 Å². The van der Waals surface area contributed by atoms with E-state index in [0.29, 0.717) is 6.07 Å². The molecule has 0 saturated heterocycles. The summed E-state index contributed by atoms with van der Waals surface area (Å²) in [7, 11) is 0. The van der Waals surface area contributed by atoms with E-state index in [1.165, 1.54) is 19.9 Å². The van der Waals surface area contributed by atoms with Gasteiger partial charge >= 0.3 is 6.18 Å². The molecule has 1 aromatic carbocycles. The van der Waals surface area contributed by atoms with E-state index in [0.717, 1.165) is 11.6 Å². The van der Waals surface area contributed by atoms with Crippen molar-refractivity contribution in [3.8, 4) is 0 Å². The Morgan fingerprint density at radius 1 is 1.15 bits per heavy atom. The lowest BCUT2D eigenvalue weighted by Gasteiger charge is -2.24. The number of anilines is 1. The van der Waals surface area contributed by atoms with E-state index in [1.807, 2.05) is 0 Å². The summed E-state index contributed by atoms with van der Waals surface area (Å²) in [5, 5.41) is 4.63. The van der Waals surface area contributed by atoms with Crippen molar-refractivity contribution in [3.63, 3.8) is 0 Å². The van der Waals surface area contributed by atoms with E-state index >= 15 is 0 Å². The monoisotopic (exact) mass is 399 g/mol. The molecule has 144 valence electrons. The number of amides is 2. The van der Waals surface area contributed by atoms with Crippen molar-refractivity contribution in [1.29, 1.82) is 0 Å². The summed E-state index contributed by atoms with van der Waals surface area (Å²) in [4.78, 5) is 28.7. The van der Waals surface area contributed by atoms with Gasteiger partial charge < -0.3 is 10.6 Å². The fourth-order valence-corrected chi connectivity index (χ4v) is 2.32. The van der Waals surface area contributed by atoms with Crippen LogP contribution in [-0.2, 0) is 22.3 Å². The molecule has 0 radical (unpaired) electrons. The lowest BCUT2D eigenvalue weighted by atomic mass is 9.90. The molecule has 0 spiro atoms. The van der Waals surface area contributed by atoms with Crippen LogP contribution >= 0.6 is 11.6 Å². The number of nitrogens with one attached hydrogen (secondary N) is 2. The average Bonchev–Trinajstić information content (AvgIpc) is 2.61. The molecule has 5 nitrogen and oxygen atoms in total. The van der Waals surface area contributed by atoms with Crippen LogP contribution in [0.3, 0.4) is 0 Å². The van der Waals surface area contributed by atoms with Gasteiger partial charge in [-0.2, -0.15) is 13.2 Å². The second kappa shape index (κ2) is 7.96. The van der Waals surface area contributed by atoms with Crippen LogP contribution in [-0.4, -0.2) is 16.8 Å². The minimum Gasteiger partial charge on any atom is -0.351 e. The number of pyridine rings is 1. The number of carbonyl (C=O) groups is 2. The van der Waals surface area contributed by atoms with Crippen LogP contribution in [0.25, 0.3) is 0 Å². The van der Waals surface area contributed by atoms with E-state index < -0.39 is 34.7 Å². The molecule has 0 aliphatic heterocycles. The molecule has 0 atom stereocenters. The van der Waals surface area contributed by atoms with Crippen LogP contribution in [0.15, 0.2) is 42.7 Å². The van der Waals surface area contributed by atoms with Gasteiger partial charge in [0.15, 0.2) is 0 Å². The topological polar surface area (TPSA) is 71.1 Å². The highest BCUT2D eigenvalue weighted by molar-refractivity contribution is 6.30. The first-order valence-corrected chi connectivity index (χ1v) is 8.25. The molecule has 0 aliphatic rings. The highest BCUT2D eigenvalue weighted by atomic mass is 35.5. The fourth-order valence-electron chi connectivity index (χ4n) is 2.15. The van der Waals surface area contributed by atoms with Gasteiger partial charge in [-0.15, -0.1) is 0 Å². The number of alkyl halides is 3. The first kappa shape index (κ1) is 20.7. The molecule has 2 aromatic rings. The lowest BCUT2D eigenvalue weighted by Crippen LogP contribution is -2.45. The molecule has 2 amide bonds. The summed E-state index contributed by atoms with van der Waals surface area (Å²) < 4.78 is 39.4. The number of hydrogen-bond acceptors (Lipinski definition) is 3. The average molecular weight is 400 g/mol. The smallest absolute Gasteiger partial charge is 0.351 e. The van der Waals surface area contributed by atoms with Gasteiger partial charge in [0.1, 0.15) is 5.41 Å².